The summed E-state index contributed by atoms with van der Waals surface area (Å²) in [5.74, 6) is -0.0610. The number of carbonyl (C=O) groups excluding carboxylic acids is 1. The van der Waals surface area contributed by atoms with Crippen molar-refractivity contribution in [1.29, 1.82) is 5.41 Å². The van der Waals surface area contributed by atoms with E-state index in [1.165, 1.54) is 0 Å². The fourth-order valence-electron chi connectivity index (χ4n) is 2.13. The zero-order valence-corrected chi connectivity index (χ0v) is 9.58. The van der Waals surface area contributed by atoms with Gasteiger partial charge >= 0.3 is 0 Å². The number of rotatable bonds is 0. The van der Waals surface area contributed by atoms with Gasteiger partial charge in [-0.2, -0.15) is 0 Å². The maximum absolute atomic E-state index is 12.3. The molecule has 3 rings (SSSR count). The van der Waals surface area contributed by atoms with E-state index in [1.807, 2.05) is 18.2 Å². The lowest BCUT2D eigenvalue weighted by molar-refractivity contribution is 0.103. The molecule has 2 aliphatic carbocycles. The molecule has 1 aromatic rings. The molecule has 3 heteroatoms. The van der Waals surface area contributed by atoms with Crippen LogP contribution in [0.3, 0.4) is 0 Å². The lowest BCUT2D eigenvalue weighted by Crippen LogP contribution is -2.19. The smallest absolute Gasteiger partial charge is 0.194 e. The number of halogens is 1. The molecule has 0 saturated heterocycles. The van der Waals surface area contributed by atoms with Crippen molar-refractivity contribution in [3.8, 4) is 0 Å². The first-order chi connectivity index (χ1) is 8.20. The summed E-state index contributed by atoms with van der Waals surface area (Å²) in [4.78, 5) is 12.3. The number of carbonyl (C=O) groups is 1. The molecule has 0 unspecified atom stereocenters. The number of benzene rings is 1. The third kappa shape index (κ3) is 1.34. The van der Waals surface area contributed by atoms with Gasteiger partial charge in [-0.25, -0.2) is 0 Å². The molecule has 0 heterocycles. The van der Waals surface area contributed by atoms with Crippen LogP contribution in [0.2, 0.25) is 0 Å². The summed E-state index contributed by atoms with van der Waals surface area (Å²) in [5.41, 5.74) is 2.66. The van der Waals surface area contributed by atoms with Crippen LogP contribution in [0.5, 0.6) is 0 Å². The summed E-state index contributed by atoms with van der Waals surface area (Å²) < 4.78 is 0. The Morgan fingerprint density at radius 1 is 1.12 bits per heavy atom. The average molecular weight is 242 g/mol. The van der Waals surface area contributed by atoms with Gasteiger partial charge in [-0.05, 0) is 6.08 Å². The first-order valence-electron chi connectivity index (χ1n) is 5.21. The SMILES string of the molecule is N=C1C=CC=C2C(=O)c3ccccc3C(Cl)=C12. The third-order valence-electron chi connectivity index (χ3n) is 2.94. The van der Waals surface area contributed by atoms with Gasteiger partial charge in [0.05, 0.1) is 10.7 Å². The van der Waals surface area contributed by atoms with Gasteiger partial charge in [-0.15, -0.1) is 0 Å². The maximum Gasteiger partial charge on any atom is 0.194 e. The van der Waals surface area contributed by atoms with Crippen LogP contribution >= 0.6 is 11.6 Å². The normalized spacial score (nSPS) is 17.8. The molecule has 0 aliphatic heterocycles. The number of Topliss-reactive ketones (excluding diaryl/α,β-unsaturated/α-hetero) is 1. The highest BCUT2D eigenvalue weighted by molar-refractivity contribution is 6.55. The minimum Gasteiger partial charge on any atom is -0.300 e. The topological polar surface area (TPSA) is 40.9 Å². The highest BCUT2D eigenvalue weighted by atomic mass is 35.5. The number of allylic oxidation sites excluding steroid dienone is 5. The zero-order valence-electron chi connectivity index (χ0n) is 8.83. The first kappa shape index (κ1) is 10.2. The van der Waals surface area contributed by atoms with Crippen molar-refractivity contribution in [3.05, 3.63) is 64.8 Å². The van der Waals surface area contributed by atoms with E-state index in [0.29, 0.717) is 27.3 Å². The van der Waals surface area contributed by atoms with Crippen LogP contribution in [0, 0.1) is 5.41 Å². The number of ketones is 1. The summed E-state index contributed by atoms with van der Waals surface area (Å²) >= 11 is 6.29. The Kier molecular flexibility index (Phi) is 2.13. The maximum atomic E-state index is 12.3. The van der Waals surface area contributed by atoms with Crippen LogP contribution in [0.25, 0.3) is 5.03 Å². The predicted molar refractivity (Wildman–Crippen MR) is 68.5 cm³/mol. The minimum atomic E-state index is -0.0610. The van der Waals surface area contributed by atoms with E-state index in [1.54, 1.807) is 24.3 Å². The molecule has 1 N–H and O–H groups in total. The van der Waals surface area contributed by atoms with E-state index < -0.39 is 0 Å². The van der Waals surface area contributed by atoms with Gasteiger partial charge < -0.3 is 5.41 Å². The molecule has 0 saturated carbocycles. The molecular formula is C14H8ClNO. The molecule has 0 atom stereocenters. The third-order valence-corrected chi connectivity index (χ3v) is 3.33. The van der Waals surface area contributed by atoms with E-state index in [0.717, 1.165) is 0 Å². The molecule has 17 heavy (non-hydrogen) atoms. The Morgan fingerprint density at radius 3 is 2.59 bits per heavy atom. The van der Waals surface area contributed by atoms with E-state index in [9.17, 15) is 4.79 Å². The summed E-state index contributed by atoms with van der Waals surface area (Å²) in [6, 6.07) is 7.23. The van der Waals surface area contributed by atoms with Crippen molar-refractivity contribution in [2.45, 2.75) is 0 Å². The van der Waals surface area contributed by atoms with E-state index in [2.05, 4.69) is 0 Å². The highest BCUT2D eigenvalue weighted by Crippen LogP contribution is 2.38. The lowest BCUT2D eigenvalue weighted by Gasteiger charge is -2.22. The van der Waals surface area contributed by atoms with Gasteiger partial charge in [0.1, 0.15) is 0 Å². The molecule has 82 valence electrons. The van der Waals surface area contributed by atoms with Crippen molar-refractivity contribution in [2.75, 3.05) is 0 Å². The average Bonchev–Trinajstić information content (AvgIpc) is 2.36. The molecule has 0 radical (unpaired) electrons. The lowest BCUT2D eigenvalue weighted by atomic mass is 9.82. The summed E-state index contributed by atoms with van der Waals surface area (Å²) in [5, 5.41) is 8.34. The Hall–Kier alpha value is -1.93. The van der Waals surface area contributed by atoms with Gasteiger partial charge in [0.15, 0.2) is 5.78 Å². The fourth-order valence-corrected chi connectivity index (χ4v) is 2.50. The molecular weight excluding hydrogens is 234 g/mol. The van der Waals surface area contributed by atoms with Crippen molar-refractivity contribution in [3.63, 3.8) is 0 Å². The Labute approximate surface area is 103 Å². The van der Waals surface area contributed by atoms with Crippen LogP contribution in [0.15, 0.2) is 53.6 Å². The summed E-state index contributed by atoms with van der Waals surface area (Å²) in [6.07, 6.45) is 5.06. The predicted octanol–water partition coefficient (Wildman–Crippen LogP) is 3.35. The zero-order chi connectivity index (χ0) is 12.0. The van der Waals surface area contributed by atoms with Gasteiger partial charge in [-0.3, -0.25) is 4.79 Å². The number of fused-ring (bicyclic) bond motifs is 2. The molecule has 0 fully saturated rings. The minimum absolute atomic E-state index is 0.0610. The quantitative estimate of drug-likeness (QED) is 0.744. The highest BCUT2D eigenvalue weighted by Gasteiger charge is 2.30. The largest absolute Gasteiger partial charge is 0.300 e. The first-order valence-corrected chi connectivity index (χ1v) is 5.59. The Balaban J connectivity index is 2.38. The standard InChI is InChI=1S/C14H8ClNO/c15-13-8-4-1-2-5-9(8)14(17)10-6-3-7-11(16)12(10)13/h1-7,16H. The summed E-state index contributed by atoms with van der Waals surface area (Å²) in [7, 11) is 0. The van der Waals surface area contributed by atoms with Crippen LogP contribution in [-0.4, -0.2) is 11.5 Å². The monoisotopic (exact) mass is 241 g/mol. The van der Waals surface area contributed by atoms with E-state index in [-0.39, 0.29) is 11.5 Å². The van der Waals surface area contributed by atoms with E-state index in [4.69, 9.17) is 17.0 Å². The molecule has 2 nitrogen and oxygen atoms in total. The molecule has 0 spiro atoms. The van der Waals surface area contributed by atoms with Crippen molar-refractivity contribution in [2.24, 2.45) is 0 Å². The van der Waals surface area contributed by atoms with E-state index >= 15 is 0 Å². The fraction of sp³-hybridized carbons (Fsp3) is 0. The number of hydrogen-bond donors (Lipinski definition) is 1. The molecule has 1 aromatic carbocycles. The molecule has 0 bridgehead atoms. The molecule has 0 aromatic heterocycles. The van der Waals surface area contributed by atoms with Gasteiger partial charge in [0.2, 0.25) is 0 Å². The number of hydrogen-bond acceptors (Lipinski definition) is 2. The Morgan fingerprint density at radius 2 is 1.82 bits per heavy atom. The van der Waals surface area contributed by atoms with Crippen LogP contribution in [-0.2, 0) is 0 Å². The van der Waals surface area contributed by atoms with Crippen molar-refractivity contribution >= 4 is 28.1 Å². The number of nitrogens with one attached hydrogen (secondary N) is 1. The van der Waals surface area contributed by atoms with Crippen LogP contribution in [0.4, 0.5) is 0 Å². The Bertz CT molecular complexity index is 650. The second kappa shape index (κ2) is 3.54. The van der Waals surface area contributed by atoms with Crippen molar-refractivity contribution in [1.82, 2.24) is 0 Å². The van der Waals surface area contributed by atoms with Crippen molar-refractivity contribution < 1.29 is 4.79 Å². The second-order valence-electron chi connectivity index (χ2n) is 3.92. The molecule has 0 amide bonds. The van der Waals surface area contributed by atoms with Gasteiger partial charge in [0, 0.05) is 22.3 Å². The van der Waals surface area contributed by atoms with Crippen LogP contribution in [0.1, 0.15) is 15.9 Å². The molecule has 2 aliphatic rings. The summed E-state index contributed by atoms with van der Waals surface area (Å²) in [6.45, 7) is 0. The van der Waals surface area contributed by atoms with Gasteiger partial charge in [-0.1, -0.05) is 48.0 Å². The van der Waals surface area contributed by atoms with Crippen LogP contribution < -0.4 is 0 Å². The second-order valence-corrected chi connectivity index (χ2v) is 4.29. The van der Waals surface area contributed by atoms with Gasteiger partial charge in [0.25, 0.3) is 0 Å².